The Hall–Kier alpha value is -4.82. The Morgan fingerprint density at radius 3 is 2.00 bits per heavy atom. The summed E-state index contributed by atoms with van der Waals surface area (Å²) < 4.78 is 2.64. The first kappa shape index (κ1) is 29.0. The van der Waals surface area contributed by atoms with Crippen LogP contribution in [0.2, 0.25) is 0 Å². The van der Waals surface area contributed by atoms with Crippen molar-refractivity contribution in [2.75, 3.05) is 4.90 Å². The largest absolute Gasteiger partial charge is 0.329 e. The molecule has 11 rings (SSSR count). The van der Waals surface area contributed by atoms with E-state index in [4.69, 9.17) is 0 Å². The monoisotopic (exact) mass is 648 g/mol. The normalized spacial score (nSPS) is 21.6. The van der Waals surface area contributed by atoms with E-state index in [0.29, 0.717) is 11.8 Å². The van der Waals surface area contributed by atoms with Crippen molar-refractivity contribution in [3.63, 3.8) is 0 Å². The van der Waals surface area contributed by atoms with Crippen LogP contribution >= 0.6 is 0 Å². The molecule has 0 saturated heterocycles. The third-order valence-corrected chi connectivity index (χ3v) is 13.1. The van der Waals surface area contributed by atoms with Crippen molar-refractivity contribution in [2.45, 2.75) is 88.0 Å². The Bertz CT molecular complexity index is 2370. The Morgan fingerprint density at radius 1 is 0.540 bits per heavy atom. The third-order valence-electron chi connectivity index (χ3n) is 13.1. The zero-order chi connectivity index (χ0) is 32.8. The van der Waals surface area contributed by atoms with E-state index in [1.165, 1.54) is 142 Å². The summed E-state index contributed by atoms with van der Waals surface area (Å²) in [5.41, 5.74) is 16.8. The van der Waals surface area contributed by atoms with Crippen molar-refractivity contribution in [2.24, 2.45) is 0 Å². The summed E-state index contributed by atoms with van der Waals surface area (Å²) in [6, 6.07) is 42.7. The fourth-order valence-corrected chi connectivity index (χ4v) is 10.8. The number of hydrogen-bond acceptors (Lipinski definition) is 1. The molecule has 3 heterocycles. The van der Waals surface area contributed by atoms with Gasteiger partial charge in [-0.05, 0) is 101 Å². The van der Waals surface area contributed by atoms with Gasteiger partial charge in [0.1, 0.15) is 0 Å². The fraction of sp³-hybridized carbons (Fsp3) is 0.292. The summed E-state index contributed by atoms with van der Waals surface area (Å²) in [5, 5.41) is 2.73. The summed E-state index contributed by atoms with van der Waals surface area (Å²) in [6.07, 6.45) is 18.5. The van der Waals surface area contributed by atoms with Crippen molar-refractivity contribution in [1.29, 1.82) is 0 Å². The van der Waals surface area contributed by atoms with Crippen LogP contribution in [0.15, 0.2) is 121 Å². The van der Waals surface area contributed by atoms with Crippen molar-refractivity contribution >= 4 is 44.5 Å². The van der Waals surface area contributed by atoms with Crippen LogP contribution < -0.4 is 4.90 Å². The van der Waals surface area contributed by atoms with Gasteiger partial charge in [-0.1, -0.05) is 136 Å². The zero-order valence-corrected chi connectivity index (χ0v) is 28.8. The maximum Gasteiger partial charge on any atom is 0.0857 e. The molecule has 2 unspecified atom stereocenters. The average molecular weight is 649 g/mol. The van der Waals surface area contributed by atoms with Crippen LogP contribution in [0.4, 0.5) is 11.4 Å². The first-order valence-corrected chi connectivity index (χ1v) is 19.4. The molecule has 50 heavy (non-hydrogen) atoms. The number of aromatic nitrogens is 1. The second-order valence-electron chi connectivity index (χ2n) is 15.7. The predicted octanol–water partition coefficient (Wildman–Crippen LogP) is 13.1. The molecule has 0 bridgehead atoms. The number of benzene rings is 5. The van der Waals surface area contributed by atoms with Gasteiger partial charge >= 0.3 is 0 Å². The number of para-hydroxylation sites is 2. The molecule has 6 aromatic rings. The lowest BCUT2D eigenvalue weighted by Gasteiger charge is -2.40. The molecule has 2 heteroatoms. The predicted molar refractivity (Wildman–Crippen MR) is 210 cm³/mol. The lowest BCUT2D eigenvalue weighted by Crippen LogP contribution is -2.38. The third kappa shape index (κ3) is 4.20. The number of rotatable bonds is 4. The molecule has 2 saturated carbocycles. The molecule has 2 fully saturated rings. The van der Waals surface area contributed by atoms with E-state index in [1.807, 2.05) is 0 Å². The number of allylic oxidation sites excluding steroid dienone is 2. The number of fused-ring (bicyclic) bond motifs is 8. The first-order valence-electron chi connectivity index (χ1n) is 19.4. The fourth-order valence-electron chi connectivity index (χ4n) is 10.8. The van der Waals surface area contributed by atoms with Gasteiger partial charge in [-0.3, -0.25) is 0 Å². The van der Waals surface area contributed by atoms with Gasteiger partial charge in [0.25, 0.3) is 0 Å². The molecule has 0 amide bonds. The van der Waals surface area contributed by atoms with Crippen molar-refractivity contribution in [3.05, 3.63) is 144 Å². The van der Waals surface area contributed by atoms with Gasteiger partial charge in [-0.25, -0.2) is 0 Å². The molecule has 2 aliphatic heterocycles. The molecular formula is C48H44N2. The minimum absolute atomic E-state index is 0.206. The minimum Gasteiger partial charge on any atom is -0.329 e. The van der Waals surface area contributed by atoms with Crippen LogP contribution in [-0.2, 0) is 0 Å². The first-order chi connectivity index (χ1) is 24.8. The Labute approximate surface area is 295 Å². The average Bonchev–Trinajstić information content (AvgIpc) is 3.73. The summed E-state index contributed by atoms with van der Waals surface area (Å²) in [7, 11) is 0. The highest BCUT2D eigenvalue weighted by Crippen LogP contribution is 2.60. The number of hydrogen-bond donors (Lipinski definition) is 0. The van der Waals surface area contributed by atoms with E-state index in [-0.39, 0.29) is 12.0 Å². The van der Waals surface area contributed by atoms with Gasteiger partial charge in [0.05, 0.1) is 22.8 Å². The second kappa shape index (κ2) is 11.4. The standard InChI is InChI=1S/C48H44N2/c1-3-13-31(14-4-1)33-17-11-19-35(29-33)37-25-27-43-47-45(37)39-21-7-9-23-41(39)49(47)44-28-26-38(46-40-22-8-10-24-42(40)50(43)48(44)46)36-20-12-18-34(30-36)32-15-5-2-6-16-32/h7-12,17-32,45,47H,1-6,13-16H2. The molecular weight excluding hydrogens is 605 g/mol. The highest BCUT2D eigenvalue weighted by molar-refractivity contribution is 6.22. The lowest BCUT2D eigenvalue weighted by atomic mass is 9.77. The Kier molecular flexibility index (Phi) is 6.58. The van der Waals surface area contributed by atoms with Crippen molar-refractivity contribution in [3.8, 4) is 11.1 Å². The topological polar surface area (TPSA) is 8.17 Å². The highest BCUT2D eigenvalue weighted by atomic mass is 15.3. The molecule has 0 N–H and O–H groups in total. The van der Waals surface area contributed by atoms with Crippen LogP contribution in [0.3, 0.4) is 0 Å². The van der Waals surface area contributed by atoms with Crippen molar-refractivity contribution < 1.29 is 0 Å². The minimum atomic E-state index is 0.206. The molecule has 5 aromatic carbocycles. The Balaban J connectivity index is 1.13. The van der Waals surface area contributed by atoms with Gasteiger partial charge in [0.15, 0.2) is 0 Å². The highest BCUT2D eigenvalue weighted by Gasteiger charge is 2.48. The van der Waals surface area contributed by atoms with E-state index in [0.717, 1.165) is 0 Å². The maximum atomic E-state index is 2.70. The van der Waals surface area contributed by atoms with E-state index in [9.17, 15) is 0 Å². The molecule has 1 aromatic heterocycles. The van der Waals surface area contributed by atoms with Crippen LogP contribution in [0.25, 0.3) is 44.2 Å². The summed E-state index contributed by atoms with van der Waals surface area (Å²) in [6.45, 7) is 0. The smallest absolute Gasteiger partial charge is 0.0857 e. The van der Waals surface area contributed by atoms with E-state index < -0.39 is 0 Å². The molecule has 0 spiro atoms. The Morgan fingerprint density at radius 2 is 1.22 bits per heavy atom. The molecule has 3 aliphatic carbocycles. The van der Waals surface area contributed by atoms with Gasteiger partial charge in [-0.15, -0.1) is 0 Å². The van der Waals surface area contributed by atoms with E-state index >= 15 is 0 Å². The molecule has 246 valence electrons. The maximum absolute atomic E-state index is 2.70. The van der Waals surface area contributed by atoms with Gasteiger partial charge in [0.2, 0.25) is 0 Å². The lowest BCUT2D eigenvalue weighted by molar-refractivity contribution is 0.443. The van der Waals surface area contributed by atoms with Crippen LogP contribution in [0.1, 0.15) is 104 Å². The molecule has 5 aliphatic rings. The van der Waals surface area contributed by atoms with Crippen LogP contribution in [-0.4, -0.2) is 10.6 Å². The quantitative estimate of drug-likeness (QED) is 0.185. The summed E-state index contributed by atoms with van der Waals surface area (Å²) >= 11 is 0. The second-order valence-corrected chi connectivity index (χ2v) is 15.7. The SMILES string of the molecule is C1=C(c2cccc(C3CCCCC3)c2)C2c3ccccc3N3c4ccc(-c5cccc(C6CCCCC6)c5)c5c6ccccc6n(c45)C(=C1)C23. The number of anilines is 2. The molecule has 0 radical (unpaired) electrons. The molecule has 2 nitrogen and oxygen atoms in total. The van der Waals surface area contributed by atoms with E-state index in [2.05, 4.69) is 131 Å². The van der Waals surface area contributed by atoms with Crippen LogP contribution in [0, 0.1) is 0 Å². The van der Waals surface area contributed by atoms with Gasteiger partial charge < -0.3 is 9.47 Å². The number of nitrogens with zero attached hydrogens (tertiary/aromatic N) is 2. The van der Waals surface area contributed by atoms with Crippen molar-refractivity contribution in [1.82, 2.24) is 4.57 Å². The summed E-state index contributed by atoms with van der Waals surface area (Å²) in [4.78, 5) is 2.70. The van der Waals surface area contributed by atoms with E-state index in [1.54, 1.807) is 0 Å². The zero-order valence-electron chi connectivity index (χ0n) is 28.8. The molecule has 2 atom stereocenters. The van der Waals surface area contributed by atoms with Crippen LogP contribution in [0.5, 0.6) is 0 Å². The van der Waals surface area contributed by atoms with Gasteiger partial charge in [-0.2, -0.15) is 0 Å². The summed E-state index contributed by atoms with van der Waals surface area (Å²) in [5.74, 6) is 1.66. The van der Waals surface area contributed by atoms with Gasteiger partial charge in [0, 0.05) is 28.1 Å².